The van der Waals surface area contributed by atoms with Crippen molar-refractivity contribution in [2.45, 2.75) is 18.2 Å². The summed E-state index contributed by atoms with van der Waals surface area (Å²) in [6.07, 6.45) is 0.530. The number of hydrogen-bond acceptors (Lipinski definition) is 5. The van der Waals surface area contributed by atoms with E-state index in [-0.39, 0.29) is 10.8 Å². The van der Waals surface area contributed by atoms with Crippen molar-refractivity contribution in [3.05, 3.63) is 93.3 Å². The summed E-state index contributed by atoms with van der Waals surface area (Å²) in [5.74, 6) is -0.256. The molecule has 4 aromatic rings. The van der Waals surface area contributed by atoms with E-state index in [1.54, 1.807) is 41.7 Å². The van der Waals surface area contributed by atoms with Gasteiger partial charge < -0.3 is 5.32 Å². The molecule has 9 heteroatoms. The Balaban J connectivity index is 1.36. The van der Waals surface area contributed by atoms with Gasteiger partial charge in [0.15, 0.2) is 0 Å². The zero-order chi connectivity index (χ0) is 23.9. The highest BCUT2D eigenvalue weighted by Gasteiger charge is 2.31. The van der Waals surface area contributed by atoms with Crippen LogP contribution in [-0.4, -0.2) is 25.9 Å². The lowest BCUT2D eigenvalue weighted by atomic mass is 10.1. The van der Waals surface area contributed by atoms with Gasteiger partial charge in [-0.05, 0) is 73.5 Å². The molecule has 0 unspecified atom stereocenters. The number of thiazole rings is 1. The maximum atomic E-state index is 13.1. The van der Waals surface area contributed by atoms with E-state index >= 15 is 0 Å². The number of nitrogens with zero attached hydrogens (tertiary/aromatic N) is 2. The van der Waals surface area contributed by atoms with Gasteiger partial charge in [-0.2, -0.15) is 0 Å². The van der Waals surface area contributed by atoms with Crippen LogP contribution in [0.1, 0.15) is 20.9 Å². The fraction of sp³-hybridized carbons (Fsp3) is 0.120. The molecule has 0 fully saturated rings. The number of aryl methyl sites for hydroxylation is 1. The number of sulfonamides is 1. The molecule has 2 heterocycles. The summed E-state index contributed by atoms with van der Waals surface area (Å²) in [6, 6.07) is 18.8. The molecule has 1 aromatic heterocycles. The van der Waals surface area contributed by atoms with Crippen LogP contribution in [0.5, 0.6) is 0 Å². The van der Waals surface area contributed by atoms with Crippen molar-refractivity contribution in [3.8, 4) is 11.3 Å². The molecule has 0 aliphatic carbocycles. The predicted molar refractivity (Wildman–Crippen MR) is 136 cm³/mol. The first-order valence-corrected chi connectivity index (χ1v) is 13.3. The standard InChI is InChI=1S/C25H20ClN3O3S2/c1-16-27-23(15-33-16)17-3-2-4-21(14-17)28-25(30)19-5-10-24-18(13-19)11-12-29(24)34(31,32)22-8-6-20(26)7-9-22/h2-10,13-15H,11-12H2,1H3,(H,28,30). The van der Waals surface area contributed by atoms with E-state index in [1.807, 2.05) is 36.6 Å². The van der Waals surface area contributed by atoms with E-state index in [9.17, 15) is 13.2 Å². The smallest absolute Gasteiger partial charge is 0.264 e. The van der Waals surface area contributed by atoms with Crippen molar-refractivity contribution in [1.82, 2.24) is 4.98 Å². The third-order valence-corrected chi connectivity index (χ3v) is 8.48. The Hall–Kier alpha value is -3.20. The molecule has 6 nitrogen and oxygen atoms in total. The highest BCUT2D eigenvalue weighted by molar-refractivity contribution is 7.92. The Kier molecular flexibility index (Phi) is 5.89. The second-order valence-electron chi connectivity index (χ2n) is 7.91. The lowest BCUT2D eigenvalue weighted by molar-refractivity contribution is 0.102. The van der Waals surface area contributed by atoms with E-state index in [4.69, 9.17) is 11.6 Å². The molecule has 0 saturated heterocycles. The highest BCUT2D eigenvalue weighted by Crippen LogP contribution is 2.34. The monoisotopic (exact) mass is 509 g/mol. The molecule has 0 bridgehead atoms. The molecule has 3 aromatic carbocycles. The van der Waals surface area contributed by atoms with Gasteiger partial charge in [-0.3, -0.25) is 9.10 Å². The molecule has 5 rings (SSSR count). The second-order valence-corrected chi connectivity index (χ2v) is 11.3. The number of nitrogens with one attached hydrogen (secondary N) is 1. The summed E-state index contributed by atoms with van der Waals surface area (Å²) in [6.45, 7) is 2.27. The van der Waals surface area contributed by atoms with E-state index in [2.05, 4.69) is 10.3 Å². The van der Waals surface area contributed by atoms with Crippen molar-refractivity contribution in [2.75, 3.05) is 16.2 Å². The molecule has 0 atom stereocenters. The first-order valence-electron chi connectivity index (χ1n) is 10.6. The van der Waals surface area contributed by atoms with Crippen molar-refractivity contribution >= 4 is 50.2 Å². The molecule has 1 aliphatic heterocycles. The first-order chi connectivity index (χ1) is 16.3. The van der Waals surface area contributed by atoms with Crippen molar-refractivity contribution in [3.63, 3.8) is 0 Å². The molecule has 1 aliphatic rings. The van der Waals surface area contributed by atoms with Crippen molar-refractivity contribution in [1.29, 1.82) is 0 Å². The van der Waals surface area contributed by atoms with E-state index in [1.165, 1.54) is 16.4 Å². The Morgan fingerprint density at radius 1 is 1.09 bits per heavy atom. The van der Waals surface area contributed by atoms with Crippen LogP contribution in [-0.2, 0) is 16.4 Å². The van der Waals surface area contributed by atoms with Crippen LogP contribution in [0.2, 0.25) is 5.02 Å². The number of aromatic nitrogens is 1. The van der Waals surface area contributed by atoms with Crippen LogP contribution < -0.4 is 9.62 Å². The highest BCUT2D eigenvalue weighted by atomic mass is 35.5. The third-order valence-electron chi connectivity index (χ3n) is 5.63. The minimum absolute atomic E-state index is 0.182. The summed E-state index contributed by atoms with van der Waals surface area (Å²) < 4.78 is 27.6. The van der Waals surface area contributed by atoms with Crippen LogP contribution in [0, 0.1) is 6.92 Å². The summed E-state index contributed by atoms with van der Waals surface area (Å²) in [7, 11) is -3.71. The average molecular weight is 510 g/mol. The number of amides is 1. The number of carbonyl (C=O) groups excluding carboxylic acids is 1. The minimum Gasteiger partial charge on any atom is -0.322 e. The Morgan fingerprint density at radius 2 is 1.88 bits per heavy atom. The fourth-order valence-corrected chi connectivity index (χ4v) is 6.20. The van der Waals surface area contributed by atoms with Gasteiger partial charge in [0.05, 0.1) is 21.3 Å². The minimum atomic E-state index is -3.71. The number of hydrogen-bond donors (Lipinski definition) is 1. The van der Waals surface area contributed by atoms with Crippen LogP contribution >= 0.6 is 22.9 Å². The van der Waals surface area contributed by atoms with Gasteiger partial charge in [0, 0.05) is 33.8 Å². The molecule has 0 spiro atoms. The molecular formula is C25H20ClN3O3S2. The maximum absolute atomic E-state index is 13.1. The van der Waals surface area contributed by atoms with E-state index < -0.39 is 10.0 Å². The molecule has 0 saturated carbocycles. The predicted octanol–water partition coefficient (Wildman–Crippen LogP) is 5.78. The van der Waals surface area contributed by atoms with Crippen molar-refractivity contribution in [2.24, 2.45) is 0 Å². The van der Waals surface area contributed by atoms with Crippen LogP contribution in [0.25, 0.3) is 11.3 Å². The Labute approximate surface area is 206 Å². The van der Waals surface area contributed by atoms with Gasteiger partial charge in [0.2, 0.25) is 0 Å². The molecule has 1 amide bonds. The zero-order valence-electron chi connectivity index (χ0n) is 18.2. The SMILES string of the molecule is Cc1nc(-c2cccc(NC(=O)c3ccc4c(c3)CCN4S(=O)(=O)c3ccc(Cl)cc3)c2)cs1. The van der Waals surface area contributed by atoms with Crippen LogP contribution in [0.3, 0.4) is 0 Å². The normalized spacial score (nSPS) is 13.1. The topological polar surface area (TPSA) is 79.4 Å². The fourth-order valence-electron chi connectivity index (χ4n) is 3.95. The Morgan fingerprint density at radius 3 is 2.62 bits per heavy atom. The van der Waals surface area contributed by atoms with Gasteiger partial charge in [-0.1, -0.05) is 23.7 Å². The molecule has 172 valence electrons. The maximum Gasteiger partial charge on any atom is 0.264 e. The van der Waals surface area contributed by atoms with Crippen LogP contribution in [0.15, 0.2) is 77.0 Å². The van der Waals surface area contributed by atoms with Gasteiger partial charge in [-0.25, -0.2) is 13.4 Å². The number of benzene rings is 3. The summed E-state index contributed by atoms with van der Waals surface area (Å²) in [4.78, 5) is 17.6. The summed E-state index contributed by atoms with van der Waals surface area (Å²) in [5.41, 5.74) is 4.35. The third kappa shape index (κ3) is 4.32. The van der Waals surface area contributed by atoms with Gasteiger partial charge >= 0.3 is 0 Å². The summed E-state index contributed by atoms with van der Waals surface area (Å²) in [5, 5.41) is 6.37. The van der Waals surface area contributed by atoms with Gasteiger partial charge in [0.25, 0.3) is 15.9 Å². The molecular weight excluding hydrogens is 490 g/mol. The van der Waals surface area contributed by atoms with Crippen molar-refractivity contribution < 1.29 is 13.2 Å². The number of halogens is 1. The quantitative estimate of drug-likeness (QED) is 0.370. The van der Waals surface area contributed by atoms with E-state index in [0.29, 0.717) is 34.9 Å². The molecule has 34 heavy (non-hydrogen) atoms. The summed E-state index contributed by atoms with van der Waals surface area (Å²) >= 11 is 7.48. The number of fused-ring (bicyclic) bond motifs is 1. The van der Waals surface area contributed by atoms with Crippen LogP contribution in [0.4, 0.5) is 11.4 Å². The first kappa shape index (κ1) is 22.6. The molecule has 0 radical (unpaired) electrons. The van der Waals surface area contributed by atoms with E-state index in [0.717, 1.165) is 21.8 Å². The largest absolute Gasteiger partial charge is 0.322 e. The number of rotatable bonds is 5. The lowest BCUT2D eigenvalue weighted by Gasteiger charge is -2.19. The second kappa shape index (κ2) is 8.87. The Bertz CT molecular complexity index is 1500. The lowest BCUT2D eigenvalue weighted by Crippen LogP contribution is -2.29. The van der Waals surface area contributed by atoms with Gasteiger partial charge in [0.1, 0.15) is 0 Å². The molecule has 1 N–H and O–H groups in total. The number of carbonyl (C=O) groups is 1. The van der Waals surface area contributed by atoms with Gasteiger partial charge in [-0.15, -0.1) is 11.3 Å². The average Bonchev–Trinajstić information content (AvgIpc) is 3.46. The zero-order valence-corrected chi connectivity index (χ0v) is 20.5. The number of anilines is 2.